The normalized spacial score (nSPS) is 19.6. The Balaban J connectivity index is 1.31. The Morgan fingerprint density at radius 3 is 2.01 bits per heavy atom. The lowest BCUT2D eigenvalue weighted by Crippen LogP contribution is -2.62. The van der Waals surface area contributed by atoms with Crippen molar-refractivity contribution in [2.45, 2.75) is 122 Å². The zero-order valence-corrected chi connectivity index (χ0v) is 45.6. The number of carbonyl (C=O) groups is 4. The molecule has 0 aliphatic carbocycles. The van der Waals surface area contributed by atoms with Crippen LogP contribution in [0.5, 0.6) is 0 Å². The average Bonchev–Trinajstić information content (AvgIpc) is 4.06. The predicted octanol–water partition coefficient (Wildman–Crippen LogP) is 6.80. The van der Waals surface area contributed by atoms with Gasteiger partial charge in [-0.05, 0) is 87.6 Å². The fourth-order valence-corrected chi connectivity index (χ4v) is 9.96. The first-order valence-electron chi connectivity index (χ1n) is 25.9. The molecule has 3 amide bonds. The second kappa shape index (κ2) is 26.9. The van der Waals surface area contributed by atoms with E-state index in [9.17, 15) is 59.4 Å². The van der Waals surface area contributed by atoms with E-state index in [1.54, 1.807) is 18.3 Å². The first-order valence-corrected chi connectivity index (χ1v) is 25.9. The topological polar surface area (TPSA) is 213 Å². The highest BCUT2D eigenvalue weighted by atomic mass is 19.4. The van der Waals surface area contributed by atoms with Crippen LogP contribution in [0, 0.1) is 40.2 Å². The van der Waals surface area contributed by atoms with Gasteiger partial charge in [-0.15, -0.1) is 0 Å². The highest BCUT2D eigenvalue weighted by molar-refractivity contribution is 5.87. The number of alkyl carbamates (subject to hydrolysis) is 1. The number of aliphatic hydroxyl groups excluding tert-OH is 1. The zero-order valence-electron chi connectivity index (χ0n) is 45.6. The van der Waals surface area contributed by atoms with E-state index in [1.165, 1.54) is 12.1 Å². The number of ether oxygens (including phenoxy) is 3. The second-order valence-corrected chi connectivity index (χ2v) is 21.3. The van der Waals surface area contributed by atoms with E-state index in [4.69, 9.17) is 10.5 Å². The Hall–Kier alpha value is -7.02. The van der Waals surface area contributed by atoms with E-state index in [1.807, 2.05) is 17.4 Å². The van der Waals surface area contributed by atoms with Gasteiger partial charge in [0.25, 0.3) is 0 Å². The quantitative estimate of drug-likeness (QED) is 0.0186. The summed E-state index contributed by atoms with van der Waals surface area (Å²) in [4.78, 5) is 65.4. The number of alkyl halides is 8. The SMILES string of the molecule is COC(=O)C[C@H](C(=O)NN(Cc1c(F)cc(C(N)=CC=NC(F)F)cc1F)C[C@H](O)[C@H](Cc1ccc(C#Cc2ccc(N3CC4CCC(C3)N4[C@H]3CCOC3)nc2)cc1)NC(=O)[C@@H](NC(=O)OC)C(C)(C)C(F)(F)F)C(C)(C)C(F)(F)F. The number of hydrogen-bond acceptors (Lipinski definition) is 14. The van der Waals surface area contributed by atoms with Gasteiger partial charge in [0.2, 0.25) is 11.8 Å². The van der Waals surface area contributed by atoms with Gasteiger partial charge < -0.3 is 40.6 Å². The van der Waals surface area contributed by atoms with Crippen LogP contribution in [0.3, 0.4) is 0 Å². The number of nitrogens with one attached hydrogen (secondary N) is 3. The van der Waals surface area contributed by atoms with Crippen LogP contribution in [-0.4, -0.2) is 152 Å². The molecule has 2 unspecified atom stereocenters. The molecule has 17 nitrogen and oxygen atoms in total. The lowest BCUT2D eigenvalue weighted by molar-refractivity contribution is -0.231. The molecule has 2 bridgehead atoms. The number of hydrogen-bond donors (Lipinski definition) is 5. The maximum absolute atomic E-state index is 16.0. The third kappa shape index (κ3) is 15.9. The van der Waals surface area contributed by atoms with Crippen molar-refractivity contribution in [1.82, 2.24) is 31.0 Å². The lowest BCUT2D eigenvalue weighted by atomic mass is 9.75. The number of pyridine rings is 1. The number of aromatic nitrogens is 1. The maximum atomic E-state index is 16.0. The largest absolute Gasteiger partial charge is 0.469 e. The molecule has 6 rings (SSSR count). The van der Waals surface area contributed by atoms with Gasteiger partial charge in [0, 0.05) is 91.3 Å². The fourth-order valence-electron chi connectivity index (χ4n) is 9.96. The van der Waals surface area contributed by atoms with Crippen LogP contribution in [0.1, 0.15) is 81.2 Å². The molecule has 0 radical (unpaired) electrons. The van der Waals surface area contributed by atoms with Crippen LogP contribution in [0.4, 0.5) is 54.5 Å². The van der Waals surface area contributed by atoms with Crippen molar-refractivity contribution in [2.24, 2.45) is 27.5 Å². The number of esters is 1. The molecule has 6 N–H and O–H groups in total. The van der Waals surface area contributed by atoms with Gasteiger partial charge >= 0.3 is 31.0 Å². The minimum atomic E-state index is -5.17. The number of allylic oxidation sites excluding steroid dienone is 1. The zero-order chi connectivity index (χ0) is 60.5. The van der Waals surface area contributed by atoms with Crippen molar-refractivity contribution < 1.29 is 82.4 Å². The number of halogens is 10. The summed E-state index contributed by atoms with van der Waals surface area (Å²) >= 11 is 0. The number of nitrogens with zero attached hydrogens (tertiary/aromatic N) is 5. The van der Waals surface area contributed by atoms with Crippen LogP contribution in [0.25, 0.3) is 5.70 Å². The summed E-state index contributed by atoms with van der Waals surface area (Å²) in [6.07, 6.45) is -9.34. The molecule has 3 aliphatic rings. The number of nitrogens with two attached hydrogens (primary N) is 1. The molecule has 7 atom stereocenters. The summed E-state index contributed by atoms with van der Waals surface area (Å²) in [5.74, 6) is -2.68. The number of fused-ring (bicyclic) bond motifs is 2. The van der Waals surface area contributed by atoms with Gasteiger partial charge in [-0.2, -0.15) is 35.1 Å². The minimum Gasteiger partial charge on any atom is -0.469 e. The van der Waals surface area contributed by atoms with Crippen molar-refractivity contribution in [3.8, 4) is 11.8 Å². The number of anilines is 1. The molecule has 3 fully saturated rings. The third-order valence-corrected chi connectivity index (χ3v) is 15.1. The lowest BCUT2D eigenvalue weighted by Gasteiger charge is -2.44. The number of amides is 3. The van der Waals surface area contributed by atoms with Crippen molar-refractivity contribution in [1.29, 1.82) is 0 Å². The first kappa shape index (κ1) is 64.2. The fraction of sp³-hybridized carbons (Fsp3) is 0.527. The number of aliphatic hydroxyl groups is 1. The number of carbonyl (C=O) groups excluding carboxylic acids is 4. The Labute approximate surface area is 466 Å². The number of methoxy groups -OCH3 is 2. The van der Waals surface area contributed by atoms with Crippen molar-refractivity contribution >= 4 is 41.6 Å². The standard InChI is InChI=1S/C55H65F10N9O8/c1-52(2,54(60,61)62)39(24-46(76)80-5)48(77)71-73(28-38-40(56)22-34(23-41(38)57)42(66)17-19-67-50(58)59)29-44(75)43(69-49(78)47(70-51(79)81-6)53(3,4)55(63,64)65)21-32-10-7-31(8-11-32)9-12-33-13-16-45(68-25-33)72-26-35-14-15-36(27-72)74(35)37-18-20-82-30-37/h7-8,10-11,13,16-17,19,22-23,25,35-37,39,43-44,47,50,75H,14-15,18,20-21,24,26-30,66H2,1-6H3,(H,69,78)(H,70,79)(H,71,77)/t35?,36?,37-,39+,43-,44-,47+/m0/s1. The molecule has 448 valence electrons. The number of rotatable bonds is 21. The molecule has 27 heteroatoms. The maximum Gasteiger partial charge on any atom is 0.407 e. The van der Waals surface area contributed by atoms with E-state index in [-0.39, 0.29) is 5.56 Å². The summed E-state index contributed by atoms with van der Waals surface area (Å²) < 4.78 is 159. The van der Waals surface area contributed by atoms with E-state index in [0.29, 0.717) is 80.3 Å². The number of piperazine rings is 1. The van der Waals surface area contributed by atoms with Crippen LogP contribution in [0.15, 0.2) is 65.8 Å². The monoisotopic (exact) mass is 1170 g/mol. The number of benzene rings is 2. The summed E-state index contributed by atoms with van der Waals surface area (Å²) in [7, 11) is 1.66. The number of hydrazine groups is 1. The van der Waals surface area contributed by atoms with Crippen LogP contribution >= 0.6 is 0 Å². The van der Waals surface area contributed by atoms with Crippen LogP contribution < -0.4 is 26.7 Å². The molecule has 3 saturated heterocycles. The van der Waals surface area contributed by atoms with Crippen molar-refractivity contribution in [2.75, 3.05) is 52.0 Å². The molecular formula is C55H65F10N9O8. The molecular weight excluding hydrogens is 1100 g/mol. The predicted molar refractivity (Wildman–Crippen MR) is 279 cm³/mol. The Morgan fingerprint density at radius 1 is 0.866 bits per heavy atom. The first-order chi connectivity index (χ1) is 38.4. The Bertz CT molecular complexity index is 2820. The summed E-state index contributed by atoms with van der Waals surface area (Å²) in [6, 6.07) is 8.14. The van der Waals surface area contributed by atoms with E-state index in [0.717, 1.165) is 71.7 Å². The number of aliphatic imine (C=N–C) groups is 1. The molecule has 1 aromatic heterocycles. The minimum absolute atomic E-state index is 0.278. The molecule has 0 spiro atoms. The van der Waals surface area contributed by atoms with Gasteiger partial charge in [-0.25, -0.2) is 28.6 Å². The molecule has 3 aromatic rings. The highest BCUT2D eigenvalue weighted by Gasteiger charge is 2.57. The van der Waals surface area contributed by atoms with Crippen LogP contribution in [-0.2, 0) is 41.6 Å². The Morgan fingerprint density at radius 2 is 1.48 bits per heavy atom. The molecule has 82 heavy (non-hydrogen) atoms. The van der Waals surface area contributed by atoms with Gasteiger partial charge in [-0.3, -0.25) is 24.7 Å². The van der Waals surface area contributed by atoms with Gasteiger partial charge in [0.15, 0.2) is 0 Å². The smallest absolute Gasteiger partial charge is 0.407 e. The van der Waals surface area contributed by atoms with Crippen molar-refractivity contribution in [3.05, 3.63) is 100 Å². The third-order valence-electron chi connectivity index (χ3n) is 15.1. The van der Waals surface area contributed by atoms with E-state index < -0.39 is 132 Å². The summed E-state index contributed by atoms with van der Waals surface area (Å²) in [6.45, 7) is 0.203. The molecule has 0 saturated carbocycles. The highest BCUT2D eigenvalue weighted by Crippen LogP contribution is 2.46. The summed E-state index contributed by atoms with van der Waals surface area (Å²) in [5, 5.41) is 16.8. The van der Waals surface area contributed by atoms with Crippen molar-refractivity contribution in [3.63, 3.8) is 0 Å². The van der Waals surface area contributed by atoms with E-state index >= 15 is 8.78 Å². The second-order valence-electron chi connectivity index (χ2n) is 21.3. The molecule has 4 heterocycles. The molecule has 2 aromatic carbocycles. The van der Waals surface area contributed by atoms with Crippen LogP contribution in [0.2, 0.25) is 0 Å². The van der Waals surface area contributed by atoms with Gasteiger partial charge in [-0.1, -0.05) is 37.8 Å². The Kier molecular flexibility index (Phi) is 21.1. The van der Waals surface area contributed by atoms with E-state index in [2.05, 4.69) is 51.8 Å². The molecule has 3 aliphatic heterocycles. The summed E-state index contributed by atoms with van der Waals surface area (Å²) in [5.41, 5.74) is 1.41. The average molecular weight is 1170 g/mol. The van der Waals surface area contributed by atoms with Gasteiger partial charge in [0.1, 0.15) is 23.5 Å². The van der Waals surface area contributed by atoms with Gasteiger partial charge in [0.05, 0.1) is 56.1 Å².